The summed E-state index contributed by atoms with van der Waals surface area (Å²) in [7, 11) is 1.63. The monoisotopic (exact) mass is 267 g/mol. The number of aromatic amines is 1. The second kappa shape index (κ2) is 5.77. The summed E-state index contributed by atoms with van der Waals surface area (Å²) in [5.41, 5.74) is 6.00. The summed E-state index contributed by atoms with van der Waals surface area (Å²) in [5, 5.41) is 0. The number of hydrogen-bond acceptors (Lipinski definition) is 3. The zero-order chi connectivity index (χ0) is 13.9. The topological polar surface area (TPSA) is 79.2 Å². The van der Waals surface area contributed by atoms with Gasteiger partial charge in [0.2, 0.25) is 0 Å². The Kier molecular flexibility index (Phi) is 4.61. The lowest BCUT2D eigenvalue weighted by Gasteiger charge is -2.24. The van der Waals surface area contributed by atoms with Crippen molar-refractivity contribution in [2.24, 2.45) is 5.73 Å². The van der Waals surface area contributed by atoms with Crippen molar-refractivity contribution in [3.05, 3.63) is 33.7 Å². The van der Waals surface area contributed by atoms with E-state index in [4.69, 9.17) is 18.0 Å². The van der Waals surface area contributed by atoms with Crippen molar-refractivity contribution in [2.45, 2.75) is 26.3 Å². The first-order valence-electron chi connectivity index (χ1n) is 5.57. The highest BCUT2D eigenvalue weighted by atomic mass is 32.1. The van der Waals surface area contributed by atoms with Crippen LogP contribution in [-0.2, 0) is 0 Å². The molecule has 0 aliphatic carbocycles. The third-order valence-corrected chi connectivity index (χ3v) is 2.93. The maximum absolute atomic E-state index is 12.1. The number of carbonyl (C=O) groups is 1. The Hall–Kier alpha value is -1.69. The molecule has 1 amide bonds. The SMILES string of the molecule is Cc1cc(=O)c(C(=O)N(C)C(C)CC(N)=S)c[nH]1. The molecule has 1 rings (SSSR count). The van der Waals surface area contributed by atoms with Crippen molar-refractivity contribution in [2.75, 3.05) is 7.05 Å². The van der Waals surface area contributed by atoms with Crippen LogP contribution in [0.3, 0.4) is 0 Å². The Balaban J connectivity index is 2.93. The van der Waals surface area contributed by atoms with Gasteiger partial charge in [0, 0.05) is 37.5 Å². The summed E-state index contributed by atoms with van der Waals surface area (Å²) < 4.78 is 0. The number of nitrogens with two attached hydrogens (primary N) is 1. The predicted molar refractivity (Wildman–Crippen MR) is 74.8 cm³/mol. The number of pyridine rings is 1. The molecular weight excluding hydrogens is 250 g/mol. The van der Waals surface area contributed by atoms with Crippen LogP contribution in [0.25, 0.3) is 0 Å². The Labute approximate surface area is 111 Å². The fourth-order valence-corrected chi connectivity index (χ4v) is 1.80. The van der Waals surface area contributed by atoms with Gasteiger partial charge in [0.15, 0.2) is 5.43 Å². The number of aromatic nitrogens is 1. The minimum atomic E-state index is -0.333. The van der Waals surface area contributed by atoms with E-state index in [2.05, 4.69) is 4.98 Å². The van der Waals surface area contributed by atoms with Gasteiger partial charge < -0.3 is 15.6 Å². The molecule has 0 aromatic carbocycles. The number of nitrogens with one attached hydrogen (secondary N) is 1. The highest BCUT2D eigenvalue weighted by Gasteiger charge is 2.20. The van der Waals surface area contributed by atoms with Crippen LogP contribution < -0.4 is 11.2 Å². The number of carbonyl (C=O) groups excluding carboxylic acids is 1. The zero-order valence-corrected chi connectivity index (χ0v) is 11.5. The van der Waals surface area contributed by atoms with Gasteiger partial charge in [0.05, 0.1) is 4.99 Å². The minimum absolute atomic E-state index is 0.123. The lowest BCUT2D eigenvalue weighted by atomic mass is 10.1. The van der Waals surface area contributed by atoms with E-state index in [1.54, 1.807) is 14.0 Å². The summed E-state index contributed by atoms with van der Waals surface area (Å²) in [6.45, 7) is 3.59. The zero-order valence-electron chi connectivity index (χ0n) is 10.7. The molecule has 0 bridgehead atoms. The average Bonchev–Trinajstić information content (AvgIpc) is 2.26. The smallest absolute Gasteiger partial charge is 0.259 e. The summed E-state index contributed by atoms with van der Waals surface area (Å²) in [6.07, 6.45) is 1.87. The molecule has 3 N–H and O–H groups in total. The van der Waals surface area contributed by atoms with Crippen molar-refractivity contribution in [3.8, 4) is 0 Å². The Bertz CT molecular complexity index is 524. The molecule has 0 spiro atoms. The molecule has 5 nitrogen and oxygen atoms in total. The van der Waals surface area contributed by atoms with Crippen LogP contribution in [0, 0.1) is 6.92 Å². The van der Waals surface area contributed by atoms with Gasteiger partial charge in [-0.3, -0.25) is 9.59 Å². The van der Waals surface area contributed by atoms with E-state index in [0.29, 0.717) is 11.4 Å². The van der Waals surface area contributed by atoms with Gasteiger partial charge >= 0.3 is 0 Å². The highest BCUT2D eigenvalue weighted by Crippen LogP contribution is 2.06. The highest BCUT2D eigenvalue weighted by molar-refractivity contribution is 7.80. The fourth-order valence-electron chi connectivity index (χ4n) is 1.56. The largest absolute Gasteiger partial charge is 0.393 e. The lowest BCUT2D eigenvalue weighted by molar-refractivity contribution is 0.0746. The summed E-state index contributed by atoms with van der Waals surface area (Å²) >= 11 is 4.81. The van der Waals surface area contributed by atoms with Crippen LogP contribution in [0.5, 0.6) is 0 Å². The van der Waals surface area contributed by atoms with E-state index in [1.807, 2.05) is 6.92 Å². The molecule has 1 heterocycles. The molecule has 0 fully saturated rings. The average molecular weight is 267 g/mol. The number of nitrogens with zero attached hydrogens (tertiary/aromatic N) is 1. The molecule has 1 unspecified atom stereocenters. The molecule has 1 aromatic heterocycles. The van der Waals surface area contributed by atoms with Crippen LogP contribution in [0.4, 0.5) is 0 Å². The number of thiocarbonyl (C=S) groups is 1. The molecule has 0 saturated heterocycles. The van der Waals surface area contributed by atoms with Crippen LogP contribution in [0.1, 0.15) is 29.4 Å². The molecule has 1 aromatic rings. The van der Waals surface area contributed by atoms with E-state index in [1.165, 1.54) is 17.2 Å². The van der Waals surface area contributed by atoms with Gasteiger partial charge in [-0.2, -0.15) is 0 Å². The molecule has 0 aliphatic rings. The third kappa shape index (κ3) is 3.40. The Morgan fingerprint density at radius 3 is 2.72 bits per heavy atom. The van der Waals surface area contributed by atoms with Crippen molar-refractivity contribution in [1.29, 1.82) is 0 Å². The van der Waals surface area contributed by atoms with Gasteiger partial charge in [-0.15, -0.1) is 0 Å². The second-order valence-corrected chi connectivity index (χ2v) is 4.85. The molecule has 0 saturated carbocycles. The van der Waals surface area contributed by atoms with Crippen LogP contribution in [-0.4, -0.2) is 33.9 Å². The maximum atomic E-state index is 12.1. The third-order valence-electron chi connectivity index (χ3n) is 2.77. The first kappa shape index (κ1) is 14.4. The standard InChI is InChI=1S/C12H17N3O2S/c1-7-4-10(16)9(6-14-7)12(17)15(3)8(2)5-11(13)18/h4,6,8H,5H2,1-3H3,(H2,13,18)(H,14,16). The maximum Gasteiger partial charge on any atom is 0.259 e. The molecule has 0 radical (unpaired) electrons. The second-order valence-electron chi connectivity index (χ2n) is 4.33. The molecule has 6 heteroatoms. The van der Waals surface area contributed by atoms with Gasteiger partial charge in [-0.05, 0) is 13.8 Å². The fraction of sp³-hybridized carbons (Fsp3) is 0.417. The van der Waals surface area contributed by atoms with Gasteiger partial charge in [0.1, 0.15) is 5.56 Å². The number of H-pyrrole nitrogens is 1. The van der Waals surface area contributed by atoms with Gasteiger partial charge in [-0.25, -0.2) is 0 Å². The van der Waals surface area contributed by atoms with E-state index < -0.39 is 0 Å². The van der Waals surface area contributed by atoms with E-state index in [-0.39, 0.29) is 22.9 Å². The summed E-state index contributed by atoms with van der Waals surface area (Å²) in [6, 6.07) is 1.26. The summed E-state index contributed by atoms with van der Waals surface area (Å²) in [5.74, 6) is -0.333. The minimum Gasteiger partial charge on any atom is -0.393 e. The van der Waals surface area contributed by atoms with Crippen LogP contribution in [0.2, 0.25) is 0 Å². The molecule has 1 atom stereocenters. The van der Waals surface area contributed by atoms with Crippen molar-refractivity contribution < 1.29 is 4.79 Å². The van der Waals surface area contributed by atoms with E-state index in [9.17, 15) is 9.59 Å². The Morgan fingerprint density at radius 1 is 1.61 bits per heavy atom. The van der Waals surface area contributed by atoms with Crippen LogP contribution >= 0.6 is 12.2 Å². The number of amides is 1. The Morgan fingerprint density at radius 2 is 2.22 bits per heavy atom. The first-order chi connectivity index (χ1) is 8.32. The molecule has 18 heavy (non-hydrogen) atoms. The summed E-state index contributed by atoms with van der Waals surface area (Å²) in [4.78, 5) is 28.5. The number of hydrogen-bond donors (Lipinski definition) is 2. The quantitative estimate of drug-likeness (QED) is 0.792. The lowest BCUT2D eigenvalue weighted by Crippen LogP contribution is -2.39. The number of aryl methyl sites for hydroxylation is 1. The number of rotatable bonds is 4. The van der Waals surface area contributed by atoms with Gasteiger partial charge in [0.25, 0.3) is 5.91 Å². The van der Waals surface area contributed by atoms with Crippen molar-refractivity contribution >= 4 is 23.1 Å². The van der Waals surface area contributed by atoms with E-state index >= 15 is 0 Å². The normalized spacial score (nSPS) is 11.9. The first-order valence-corrected chi connectivity index (χ1v) is 5.98. The molecular formula is C12H17N3O2S. The van der Waals surface area contributed by atoms with E-state index in [0.717, 1.165) is 5.69 Å². The van der Waals surface area contributed by atoms with Crippen LogP contribution in [0.15, 0.2) is 17.1 Å². The van der Waals surface area contributed by atoms with Crippen molar-refractivity contribution in [3.63, 3.8) is 0 Å². The predicted octanol–water partition coefficient (Wildman–Crippen LogP) is 0.820. The van der Waals surface area contributed by atoms with Gasteiger partial charge in [-0.1, -0.05) is 12.2 Å². The molecule has 98 valence electrons. The molecule has 0 aliphatic heterocycles. The van der Waals surface area contributed by atoms with Crippen molar-refractivity contribution in [1.82, 2.24) is 9.88 Å².